The van der Waals surface area contributed by atoms with Crippen LogP contribution in [0.1, 0.15) is 168 Å². The van der Waals surface area contributed by atoms with Crippen molar-refractivity contribution in [3.8, 4) is 0 Å². The zero-order valence-electron chi connectivity index (χ0n) is 43.9. The van der Waals surface area contributed by atoms with Gasteiger partial charge in [-0.15, -0.1) is 0 Å². The molecule has 0 aliphatic carbocycles. The quantitative estimate of drug-likeness (QED) is 0.0310. The van der Waals surface area contributed by atoms with Gasteiger partial charge < -0.3 is 89.9 Å². The first-order valence-corrected chi connectivity index (χ1v) is 27.7. The molecule has 73 heavy (non-hydrogen) atoms. The Kier molecular flexibility index (Phi) is 34.5. The van der Waals surface area contributed by atoms with Gasteiger partial charge in [0.15, 0.2) is 18.9 Å². The van der Waals surface area contributed by atoms with E-state index in [-0.39, 0.29) is 18.9 Å². The van der Waals surface area contributed by atoms with Crippen LogP contribution < -0.4 is 5.32 Å². The van der Waals surface area contributed by atoms with Crippen LogP contribution in [0, 0.1) is 0 Å². The van der Waals surface area contributed by atoms with Crippen molar-refractivity contribution in [2.24, 2.45) is 0 Å². The van der Waals surface area contributed by atoms with E-state index >= 15 is 0 Å². The van der Waals surface area contributed by atoms with E-state index in [2.05, 4.69) is 43.5 Å². The fraction of sp³-hybridized carbons (Fsp3) is 0.870. The summed E-state index contributed by atoms with van der Waals surface area (Å²) in [7, 11) is 0. The second kappa shape index (κ2) is 38.5. The molecule has 3 aliphatic rings. The summed E-state index contributed by atoms with van der Waals surface area (Å²) in [6.45, 7) is 1.59. The van der Waals surface area contributed by atoms with Crippen molar-refractivity contribution in [3.05, 3.63) is 36.5 Å². The Balaban J connectivity index is 1.49. The lowest BCUT2D eigenvalue weighted by atomic mass is 9.96. The molecule has 3 heterocycles. The van der Waals surface area contributed by atoms with Gasteiger partial charge >= 0.3 is 0 Å². The third kappa shape index (κ3) is 23.7. The molecule has 0 spiro atoms. The molecule has 3 fully saturated rings. The minimum Gasteiger partial charge on any atom is -0.394 e. The van der Waals surface area contributed by atoms with Crippen molar-refractivity contribution >= 4 is 5.91 Å². The third-order valence-electron chi connectivity index (χ3n) is 13.9. The summed E-state index contributed by atoms with van der Waals surface area (Å²) in [6, 6.07) is -0.989. The van der Waals surface area contributed by atoms with E-state index in [1.54, 1.807) is 6.08 Å². The van der Waals surface area contributed by atoms with Gasteiger partial charge in [0.05, 0.1) is 38.6 Å². The Labute approximate surface area is 434 Å². The van der Waals surface area contributed by atoms with E-state index in [0.717, 1.165) is 57.8 Å². The van der Waals surface area contributed by atoms with E-state index in [1.807, 2.05) is 6.08 Å². The number of aliphatic hydroxyl groups excluding tert-OH is 11. The van der Waals surface area contributed by atoms with E-state index in [9.17, 15) is 61.0 Å². The Morgan fingerprint density at radius 2 is 0.877 bits per heavy atom. The van der Waals surface area contributed by atoms with Crippen molar-refractivity contribution in [2.45, 2.75) is 272 Å². The minimum atomic E-state index is -1.98. The smallest absolute Gasteiger partial charge is 0.220 e. The second-order valence-electron chi connectivity index (χ2n) is 20.0. The van der Waals surface area contributed by atoms with Crippen LogP contribution in [0.5, 0.6) is 0 Å². The lowest BCUT2D eigenvalue weighted by Crippen LogP contribution is -2.66. The van der Waals surface area contributed by atoms with Gasteiger partial charge in [-0.3, -0.25) is 4.79 Å². The molecule has 3 saturated heterocycles. The molecule has 0 aromatic carbocycles. The number of unbranched alkanes of at least 4 members (excludes halogenated alkanes) is 19. The highest BCUT2D eigenvalue weighted by Crippen LogP contribution is 2.33. The molecule has 0 aromatic heterocycles. The number of allylic oxidation sites excluding steroid dienone is 5. The van der Waals surface area contributed by atoms with E-state index in [0.29, 0.717) is 12.8 Å². The number of carbonyl (C=O) groups is 1. The molecule has 19 nitrogen and oxygen atoms in total. The summed E-state index contributed by atoms with van der Waals surface area (Å²) >= 11 is 0. The fourth-order valence-corrected chi connectivity index (χ4v) is 9.28. The van der Waals surface area contributed by atoms with Gasteiger partial charge in [-0.1, -0.05) is 153 Å². The Morgan fingerprint density at radius 1 is 0.479 bits per heavy atom. The van der Waals surface area contributed by atoms with Gasteiger partial charge in [0, 0.05) is 6.42 Å². The van der Waals surface area contributed by atoms with Crippen molar-refractivity contribution in [3.63, 3.8) is 0 Å². The number of rotatable bonds is 39. The van der Waals surface area contributed by atoms with Crippen molar-refractivity contribution in [2.75, 3.05) is 26.4 Å². The standard InChI is InChI=1S/C54H97NO18/c1-3-5-7-9-11-12-13-14-15-16-17-18-19-20-21-22-23-24-25-26-27-29-31-38(59)37(55-42(60)32-30-28-10-8-6-4-2)36-68-52-48(66)45(63)50(40(34-57)70-52)73-54-49(67)46(64)51(41(35-58)71-54)72-53-47(65)44(62)43(61)39(33-56)69-53/h20-21,24-25,29,31,37-41,43-54,56-59,61-67H,3-19,22-23,26-28,30,32-36H2,1-2H3,(H,55,60)/b21-20+,25-24+,31-29+. The largest absolute Gasteiger partial charge is 0.394 e. The number of nitrogens with one attached hydrogen (secondary N) is 1. The number of hydrogen-bond donors (Lipinski definition) is 12. The van der Waals surface area contributed by atoms with Crippen LogP contribution in [0.4, 0.5) is 0 Å². The van der Waals surface area contributed by atoms with Crippen LogP contribution in [0.15, 0.2) is 36.5 Å². The van der Waals surface area contributed by atoms with Crippen LogP contribution in [0.2, 0.25) is 0 Å². The molecular weight excluding hydrogens is 951 g/mol. The van der Waals surface area contributed by atoms with Crippen LogP contribution >= 0.6 is 0 Å². The zero-order valence-corrected chi connectivity index (χ0v) is 43.9. The fourth-order valence-electron chi connectivity index (χ4n) is 9.28. The van der Waals surface area contributed by atoms with Gasteiger partial charge in [0.1, 0.15) is 73.2 Å². The summed E-state index contributed by atoms with van der Waals surface area (Å²) in [5.74, 6) is -0.301. The molecule has 0 radical (unpaired) electrons. The van der Waals surface area contributed by atoms with Gasteiger partial charge in [0.2, 0.25) is 5.91 Å². The maximum atomic E-state index is 13.1. The van der Waals surface area contributed by atoms with Crippen LogP contribution in [0.25, 0.3) is 0 Å². The Bertz CT molecular complexity index is 1490. The van der Waals surface area contributed by atoms with E-state index < -0.39 is 124 Å². The highest BCUT2D eigenvalue weighted by molar-refractivity contribution is 5.76. The van der Waals surface area contributed by atoms with Crippen molar-refractivity contribution < 1.29 is 89.4 Å². The first-order valence-electron chi connectivity index (χ1n) is 27.7. The minimum absolute atomic E-state index is 0.229. The van der Waals surface area contributed by atoms with E-state index in [1.165, 1.54) is 77.0 Å². The topological polar surface area (TPSA) is 307 Å². The zero-order chi connectivity index (χ0) is 53.4. The molecule has 17 unspecified atom stereocenters. The number of aliphatic hydroxyl groups is 11. The number of amides is 1. The van der Waals surface area contributed by atoms with E-state index in [4.69, 9.17) is 28.4 Å². The number of ether oxygens (including phenoxy) is 6. The monoisotopic (exact) mass is 1050 g/mol. The van der Waals surface area contributed by atoms with Crippen LogP contribution in [-0.2, 0) is 33.2 Å². The first-order chi connectivity index (χ1) is 35.3. The molecular formula is C54H97NO18. The molecule has 3 aliphatic heterocycles. The van der Waals surface area contributed by atoms with Gasteiger partial charge in [0.25, 0.3) is 0 Å². The molecule has 0 aromatic rings. The summed E-state index contributed by atoms with van der Waals surface area (Å²) in [5.41, 5.74) is 0. The first kappa shape index (κ1) is 65.3. The molecule has 3 rings (SSSR count). The number of hydrogen-bond acceptors (Lipinski definition) is 18. The molecule has 1 amide bonds. The normalized spacial score (nSPS) is 32.0. The molecule has 0 bridgehead atoms. The lowest BCUT2D eigenvalue weighted by molar-refractivity contribution is -0.379. The maximum absolute atomic E-state index is 13.1. The lowest BCUT2D eigenvalue weighted by Gasteiger charge is -2.48. The molecule has 0 saturated carbocycles. The number of carbonyl (C=O) groups excluding carboxylic acids is 1. The molecule has 17 atom stereocenters. The van der Waals surface area contributed by atoms with Crippen molar-refractivity contribution in [1.82, 2.24) is 5.32 Å². The maximum Gasteiger partial charge on any atom is 0.220 e. The SMILES string of the molecule is CCCCCCCCCCCCCC/C=C/CC/C=C/CC/C=C/C(O)C(COC1OC(CO)C(OC2OC(CO)C(OC3OC(CO)C(O)C(O)C3O)C(O)C2O)C(O)C1O)NC(=O)CCCCCCCC. The highest BCUT2D eigenvalue weighted by atomic mass is 16.8. The molecule has 19 heteroatoms. The Morgan fingerprint density at radius 3 is 1.37 bits per heavy atom. The Hall–Kier alpha value is -1.99. The average Bonchev–Trinajstić information content (AvgIpc) is 3.39. The molecule has 426 valence electrons. The second-order valence-corrected chi connectivity index (χ2v) is 20.0. The predicted octanol–water partition coefficient (Wildman–Crippen LogP) is 3.37. The van der Waals surface area contributed by atoms with Crippen molar-refractivity contribution in [1.29, 1.82) is 0 Å². The van der Waals surface area contributed by atoms with Gasteiger partial charge in [-0.25, -0.2) is 0 Å². The predicted molar refractivity (Wildman–Crippen MR) is 272 cm³/mol. The summed E-state index contributed by atoms with van der Waals surface area (Å²) in [6.07, 6.45) is 12.0. The van der Waals surface area contributed by atoms with Gasteiger partial charge in [-0.2, -0.15) is 0 Å². The molecule has 12 N–H and O–H groups in total. The van der Waals surface area contributed by atoms with Crippen LogP contribution in [0.3, 0.4) is 0 Å². The average molecular weight is 1050 g/mol. The summed E-state index contributed by atoms with van der Waals surface area (Å²) < 4.78 is 34.0. The highest BCUT2D eigenvalue weighted by Gasteiger charge is 2.53. The summed E-state index contributed by atoms with van der Waals surface area (Å²) in [4.78, 5) is 13.1. The van der Waals surface area contributed by atoms with Crippen LogP contribution in [-0.4, -0.2) is 193 Å². The van der Waals surface area contributed by atoms with Gasteiger partial charge in [-0.05, 0) is 44.9 Å². The third-order valence-corrected chi connectivity index (χ3v) is 13.9. The summed E-state index contributed by atoms with van der Waals surface area (Å²) in [5, 5.41) is 119.